The van der Waals surface area contributed by atoms with Gasteiger partial charge in [0.25, 0.3) is 0 Å². The van der Waals surface area contributed by atoms with Crippen LogP contribution in [0.25, 0.3) is 0 Å². The van der Waals surface area contributed by atoms with Gasteiger partial charge in [-0.1, -0.05) is 71.8 Å². The van der Waals surface area contributed by atoms with Crippen LogP contribution in [0.3, 0.4) is 0 Å². The van der Waals surface area contributed by atoms with Crippen LogP contribution in [-0.4, -0.2) is 59.0 Å². The van der Waals surface area contributed by atoms with Gasteiger partial charge >= 0.3 is 11.9 Å². The summed E-state index contributed by atoms with van der Waals surface area (Å²) in [5.41, 5.74) is 1.62. The number of benzene rings is 3. The molecule has 1 fully saturated rings. The number of esters is 2. The second-order valence-corrected chi connectivity index (χ2v) is 9.50. The molecule has 5 atom stereocenters. The molecule has 1 saturated heterocycles. The largest absolute Gasteiger partial charge is 0.458 e. The molecule has 39 heavy (non-hydrogen) atoms. The highest BCUT2D eigenvalue weighted by atomic mass is 16.7. The molecule has 1 aliphatic heterocycles. The highest BCUT2D eigenvalue weighted by Crippen LogP contribution is 2.38. The monoisotopic (exact) mass is 532 g/mol. The van der Waals surface area contributed by atoms with E-state index in [1.54, 1.807) is 48.5 Å². The van der Waals surface area contributed by atoms with Crippen molar-refractivity contribution in [3.05, 3.63) is 119 Å². The van der Waals surface area contributed by atoms with Crippen molar-refractivity contribution in [2.75, 3.05) is 6.61 Å². The summed E-state index contributed by atoms with van der Waals surface area (Å²) in [6.07, 6.45) is -4.44. The molecule has 0 spiro atoms. The van der Waals surface area contributed by atoms with Gasteiger partial charge in [-0.2, -0.15) is 0 Å². The third-order valence-corrected chi connectivity index (χ3v) is 6.66. The Hall–Kier alpha value is -3.82. The standard InChI is InChI=1S/C31H32O8/c1-4-31(37-18-22-8-6-5-7-9-22)26(32)30(35)39-27(31)25(38-29(34)24-16-12-21(3)13-17-24)19-36-28(33)23-14-10-20(2)11-15-23/h4-17,25-27,30,32,35H,1,18-19H2,2-3H3/t25-,26+,27-,30?,31+/m1/s1. The molecule has 0 aliphatic carbocycles. The van der Waals surface area contributed by atoms with Gasteiger partial charge in [-0.25, -0.2) is 9.59 Å². The van der Waals surface area contributed by atoms with Crippen LogP contribution in [0.1, 0.15) is 37.4 Å². The fourth-order valence-electron chi connectivity index (χ4n) is 4.36. The van der Waals surface area contributed by atoms with E-state index in [2.05, 4.69) is 6.58 Å². The maximum atomic E-state index is 13.1. The zero-order valence-electron chi connectivity index (χ0n) is 21.9. The Labute approximate surface area is 227 Å². The number of hydrogen-bond acceptors (Lipinski definition) is 8. The van der Waals surface area contributed by atoms with Gasteiger partial charge in [0.05, 0.1) is 17.7 Å². The van der Waals surface area contributed by atoms with Crippen molar-refractivity contribution in [1.82, 2.24) is 0 Å². The molecule has 0 bridgehead atoms. The summed E-state index contributed by atoms with van der Waals surface area (Å²) >= 11 is 0. The molecule has 0 amide bonds. The van der Waals surface area contributed by atoms with E-state index >= 15 is 0 Å². The Bertz CT molecular complexity index is 1270. The number of aliphatic hydroxyl groups excluding tert-OH is 2. The van der Waals surface area contributed by atoms with Crippen LogP contribution < -0.4 is 0 Å². The van der Waals surface area contributed by atoms with Crippen LogP contribution in [0.4, 0.5) is 0 Å². The average molecular weight is 533 g/mol. The summed E-state index contributed by atoms with van der Waals surface area (Å²) < 4.78 is 23.1. The first-order chi connectivity index (χ1) is 18.7. The third-order valence-electron chi connectivity index (χ3n) is 6.66. The number of carbonyl (C=O) groups excluding carboxylic acids is 2. The van der Waals surface area contributed by atoms with Crippen molar-refractivity contribution in [2.45, 2.75) is 50.7 Å². The quantitative estimate of drug-likeness (QED) is 0.299. The molecule has 0 saturated carbocycles. The molecule has 0 radical (unpaired) electrons. The van der Waals surface area contributed by atoms with Crippen molar-refractivity contribution < 1.29 is 38.7 Å². The first-order valence-electron chi connectivity index (χ1n) is 12.6. The van der Waals surface area contributed by atoms with Gasteiger partial charge in [0.2, 0.25) is 0 Å². The third kappa shape index (κ3) is 6.43. The Kier molecular flexibility index (Phi) is 8.93. The summed E-state index contributed by atoms with van der Waals surface area (Å²) in [5.74, 6) is -1.34. The molecular formula is C31H32O8. The zero-order valence-corrected chi connectivity index (χ0v) is 21.9. The Balaban J connectivity index is 1.62. The predicted octanol–water partition coefficient (Wildman–Crippen LogP) is 3.91. The van der Waals surface area contributed by atoms with Crippen LogP contribution in [-0.2, 0) is 25.6 Å². The summed E-state index contributed by atoms with van der Waals surface area (Å²) in [7, 11) is 0. The molecule has 0 aromatic heterocycles. The van der Waals surface area contributed by atoms with E-state index < -0.39 is 48.7 Å². The lowest BCUT2D eigenvalue weighted by atomic mass is 9.88. The first-order valence-corrected chi connectivity index (χ1v) is 12.6. The van der Waals surface area contributed by atoms with Crippen LogP contribution in [0.5, 0.6) is 0 Å². The lowest BCUT2D eigenvalue weighted by Gasteiger charge is -2.36. The van der Waals surface area contributed by atoms with Gasteiger partial charge in [-0.05, 0) is 43.7 Å². The van der Waals surface area contributed by atoms with Gasteiger partial charge in [0.15, 0.2) is 12.4 Å². The van der Waals surface area contributed by atoms with E-state index in [1.807, 2.05) is 44.2 Å². The van der Waals surface area contributed by atoms with Crippen LogP contribution in [0, 0.1) is 13.8 Å². The SMILES string of the molecule is C=C[C@@]1(OCc2ccccc2)[C@@H]([C@@H](COC(=O)c2ccc(C)cc2)OC(=O)c2ccc(C)cc2)OC(O)[C@@H]1O. The van der Waals surface area contributed by atoms with Crippen molar-refractivity contribution >= 4 is 11.9 Å². The summed E-state index contributed by atoms with van der Waals surface area (Å²) in [6.45, 7) is 7.21. The number of carbonyl (C=O) groups is 2. The fourth-order valence-corrected chi connectivity index (χ4v) is 4.36. The van der Waals surface area contributed by atoms with E-state index in [9.17, 15) is 19.8 Å². The number of ether oxygens (including phenoxy) is 4. The van der Waals surface area contributed by atoms with Gasteiger partial charge in [-0.3, -0.25) is 0 Å². The van der Waals surface area contributed by atoms with E-state index in [0.29, 0.717) is 5.56 Å². The smallest absolute Gasteiger partial charge is 0.338 e. The minimum atomic E-state index is -1.69. The molecule has 1 heterocycles. The molecule has 4 rings (SSSR count). The van der Waals surface area contributed by atoms with Crippen LogP contribution in [0.15, 0.2) is 91.5 Å². The van der Waals surface area contributed by atoms with Gasteiger partial charge in [0.1, 0.15) is 24.4 Å². The fraction of sp³-hybridized carbons (Fsp3) is 0.290. The Morgan fingerprint density at radius 3 is 2.05 bits per heavy atom. The molecule has 3 aromatic rings. The second kappa shape index (κ2) is 12.4. The molecule has 3 aromatic carbocycles. The Morgan fingerprint density at radius 1 is 0.923 bits per heavy atom. The van der Waals surface area contributed by atoms with E-state index in [0.717, 1.165) is 16.7 Å². The summed E-state index contributed by atoms with van der Waals surface area (Å²) in [4.78, 5) is 25.9. The van der Waals surface area contributed by atoms with E-state index in [-0.39, 0.29) is 12.2 Å². The maximum Gasteiger partial charge on any atom is 0.338 e. The minimum absolute atomic E-state index is 0.0400. The van der Waals surface area contributed by atoms with E-state index in [4.69, 9.17) is 18.9 Å². The van der Waals surface area contributed by atoms with Crippen molar-refractivity contribution in [1.29, 1.82) is 0 Å². The van der Waals surface area contributed by atoms with E-state index in [1.165, 1.54) is 6.08 Å². The highest BCUT2D eigenvalue weighted by molar-refractivity contribution is 5.90. The molecule has 204 valence electrons. The number of rotatable bonds is 10. The lowest BCUT2D eigenvalue weighted by Crippen LogP contribution is -2.55. The zero-order chi connectivity index (χ0) is 28.0. The van der Waals surface area contributed by atoms with Gasteiger partial charge in [0, 0.05) is 0 Å². The summed E-state index contributed by atoms with van der Waals surface area (Å²) in [6, 6.07) is 22.8. The highest BCUT2D eigenvalue weighted by Gasteiger charge is 2.59. The first kappa shape index (κ1) is 28.2. The molecule has 1 unspecified atom stereocenters. The van der Waals surface area contributed by atoms with Crippen molar-refractivity contribution in [2.24, 2.45) is 0 Å². The van der Waals surface area contributed by atoms with Gasteiger partial charge < -0.3 is 29.2 Å². The average Bonchev–Trinajstić information content (AvgIpc) is 3.20. The predicted molar refractivity (Wildman–Crippen MR) is 143 cm³/mol. The second-order valence-electron chi connectivity index (χ2n) is 9.50. The maximum absolute atomic E-state index is 13.1. The number of aryl methyl sites for hydroxylation is 2. The summed E-state index contributed by atoms with van der Waals surface area (Å²) in [5, 5.41) is 21.4. The van der Waals surface area contributed by atoms with Crippen molar-refractivity contribution in [3.8, 4) is 0 Å². The van der Waals surface area contributed by atoms with Crippen LogP contribution >= 0.6 is 0 Å². The Morgan fingerprint density at radius 2 is 1.49 bits per heavy atom. The molecule has 8 heteroatoms. The minimum Gasteiger partial charge on any atom is -0.458 e. The molecule has 2 N–H and O–H groups in total. The molecule has 8 nitrogen and oxygen atoms in total. The number of aliphatic hydroxyl groups is 2. The molecule has 1 aliphatic rings. The molecular weight excluding hydrogens is 500 g/mol. The van der Waals surface area contributed by atoms with Crippen molar-refractivity contribution in [3.63, 3.8) is 0 Å². The lowest BCUT2D eigenvalue weighted by molar-refractivity contribution is -0.159. The topological polar surface area (TPSA) is 112 Å². The van der Waals surface area contributed by atoms with Crippen LogP contribution in [0.2, 0.25) is 0 Å². The number of hydrogen-bond donors (Lipinski definition) is 2. The van der Waals surface area contributed by atoms with Gasteiger partial charge in [-0.15, -0.1) is 6.58 Å². The normalized spacial score (nSPS) is 23.1.